The quantitative estimate of drug-likeness (QED) is 0.774. The largest absolute Gasteiger partial charge is 0.465 e. The lowest BCUT2D eigenvalue weighted by Crippen LogP contribution is -2.37. The van der Waals surface area contributed by atoms with E-state index in [4.69, 9.17) is 0 Å². The molecule has 0 spiro atoms. The Hall–Kier alpha value is -2.94. The number of halogens is 1. The molecule has 7 nitrogen and oxygen atoms in total. The van der Waals surface area contributed by atoms with Gasteiger partial charge in [-0.15, -0.1) is 0 Å². The molecule has 1 N–H and O–H groups in total. The Bertz CT molecular complexity index is 913. The van der Waals surface area contributed by atoms with Gasteiger partial charge < -0.3 is 10.1 Å². The molecule has 26 heavy (non-hydrogen) atoms. The number of benzene rings is 2. The number of ether oxygens (including phenoxy) is 1. The molecule has 0 saturated carbocycles. The molecule has 0 bridgehead atoms. The first kappa shape index (κ1) is 19.4. The number of amides is 1. The number of sulfonamides is 1. The maximum absolute atomic E-state index is 13.4. The summed E-state index contributed by atoms with van der Waals surface area (Å²) in [6.07, 6.45) is 0.927. The number of esters is 1. The summed E-state index contributed by atoms with van der Waals surface area (Å²) in [6.45, 7) is -0.527. The monoisotopic (exact) mass is 380 g/mol. The number of nitrogens with zero attached hydrogens (tertiary/aromatic N) is 1. The van der Waals surface area contributed by atoms with Crippen LogP contribution in [0.5, 0.6) is 0 Å². The van der Waals surface area contributed by atoms with Crippen molar-refractivity contribution in [2.75, 3.05) is 29.5 Å². The first-order chi connectivity index (χ1) is 12.2. The minimum absolute atomic E-state index is 0.0451. The summed E-state index contributed by atoms with van der Waals surface area (Å²) < 4.78 is 42.7. The van der Waals surface area contributed by atoms with Gasteiger partial charge in [0.2, 0.25) is 15.9 Å². The lowest BCUT2D eigenvalue weighted by atomic mass is 10.2. The maximum atomic E-state index is 13.4. The summed E-state index contributed by atoms with van der Waals surface area (Å²) in [7, 11) is -2.54. The Labute approximate surface area is 150 Å². The van der Waals surface area contributed by atoms with E-state index in [9.17, 15) is 22.4 Å². The molecule has 0 aromatic heterocycles. The number of hydrogen-bond donors (Lipinski definition) is 1. The predicted octanol–water partition coefficient (Wildman–Crippen LogP) is 2.02. The number of nitrogens with one attached hydrogen (secondary N) is 1. The molecule has 138 valence electrons. The molecular weight excluding hydrogens is 363 g/mol. The SMILES string of the molecule is COC(=O)c1ccc(NC(=O)CN(c2cccc(F)c2)S(C)(=O)=O)cc1. The van der Waals surface area contributed by atoms with Gasteiger partial charge in [-0.25, -0.2) is 17.6 Å². The molecule has 0 fully saturated rings. The Balaban J connectivity index is 2.14. The van der Waals surface area contributed by atoms with Gasteiger partial charge in [-0.1, -0.05) is 6.07 Å². The van der Waals surface area contributed by atoms with E-state index in [1.165, 1.54) is 49.6 Å². The zero-order chi connectivity index (χ0) is 19.3. The van der Waals surface area contributed by atoms with Gasteiger partial charge in [-0.05, 0) is 42.5 Å². The molecule has 0 heterocycles. The van der Waals surface area contributed by atoms with E-state index in [-0.39, 0.29) is 5.69 Å². The lowest BCUT2D eigenvalue weighted by molar-refractivity contribution is -0.114. The summed E-state index contributed by atoms with van der Waals surface area (Å²) in [5, 5.41) is 2.52. The van der Waals surface area contributed by atoms with Crippen LogP contribution in [0.15, 0.2) is 48.5 Å². The molecule has 2 aromatic carbocycles. The fourth-order valence-corrected chi connectivity index (χ4v) is 3.02. The van der Waals surface area contributed by atoms with Crippen molar-refractivity contribution in [3.8, 4) is 0 Å². The van der Waals surface area contributed by atoms with Crippen molar-refractivity contribution in [1.82, 2.24) is 0 Å². The minimum atomic E-state index is -3.80. The maximum Gasteiger partial charge on any atom is 0.337 e. The number of methoxy groups -OCH3 is 1. The fourth-order valence-electron chi connectivity index (χ4n) is 2.17. The molecule has 2 aromatic rings. The number of carbonyl (C=O) groups is 2. The van der Waals surface area contributed by atoms with E-state index in [1.807, 2.05) is 0 Å². The summed E-state index contributed by atoms with van der Waals surface area (Å²) in [5.41, 5.74) is 0.724. The molecule has 0 radical (unpaired) electrons. The van der Waals surface area contributed by atoms with Crippen molar-refractivity contribution in [2.24, 2.45) is 0 Å². The molecule has 0 aliphatic rings. The molecule has 2 rings (SSSR count). The van der Waals surface area contributed by atoms with Gasteiger partial charge in [0, 0.05) is 5.69 Å². The highest BCUT2D eigenvalue weighted by molar-refractivity contribution is 7.92. The molecule has 0 atom stereocenters. The Kier molecular flexibility index (Phi) is 5.93. The third-order valence-electron chi connectivity index (χ3n) is 3.37. The number of rotatable bonds is 6. The van der Waals surface area contributed by atoms with Crippen LogP contribution in [0.1, 0.15) is 10.4 Å². The lowest BCUT2D eigenvalue weighted by Gasteiger charge is -2.21. The van der Waals surface area contributed by atoms with Gasteiger partial charge in [0.15, 0.2) is 0 Å². The normalized spacial score (nSPS) is 10.9. The smallest absolute Gasteiger partial charge is 0.337 e. The van der Waals surface area contributed by atoms with Crippen LogP contribution in [0.2, 0.25) is 0 Å². The first-order valence-electron chi connectivity index (χ1n) is 7.42. The third kappa shape index (κ3) is 5.03. The molecule has 0 saturated heterocycles. The number of hydrogen-bond acceptors (Lipinski definition) is 5. The second-order valence-electron chi connectivity index (χ2n) is 5.37. The first-order valence-corrected chi connectivity index (χ1v) is 9.27. The van der Waals surface area contributed by atoms with E-state index in [0.717, 1.165) is 16.6 Å². The molecule has 0 unspecified atom stereocenters. The van der Waals surface area contributed by atoms with E-state index < -0.39 is 34.3 Å². The summed E-state index contributed by atoms with van der Waals surface area (Å²) in [5.74, 6) is -1.75. The predicted molar refractivity (Wildman–Crippen MR) is 95.0 cm³/mol. The highest BCUT2D eigenvalue weighted by Crippen LogP contribution is 2.19. The van der Waals surface area contributed by atoms with Gasteiger partial charge in [-0.3, -0.25) is 9.10 Å². The van der Waals surface area contributed by atoms with Crippen LogP contribution in [-0.4, -0.2) is 40.2 Å². The zero-order valence-corrected chi connectivity index (χ0v) is 14.9. The van der Waals surface area contributed by atoms with Crippen molar-refractivity contribution in [2.45, 2.75) is 0 Å². The Morgan fingerprint density at radius 2 is 1.81 bits per heavy atom. The molecule has 1 amide bonds. The van der Waals surface area contributed by atoms with E-state index in [2.05, 4.69) is 10.1 Å². The summed E-state index contributed by atoms with van der Waals surface area (Å²) >= 11 is 0. The average molecular weight is 380 g/mol. The van der Waals surface area contributed by atoms with E-state index in [1.54, 1.807) is 0 Å². The van der Waals surface area contributed by atoms with Crippen LogP contribution >= 0.6 is 0 Å². The zero-order valence-electron chi connectivity index (χ0n) is 14.1. The number of anilines is 2. The highest BCUT2D eigenvalue weighted by Gasteiger charge is 2.21. The van der Waals surface area contributed by atoms with Crippen molar-refractivity contribution in [3.63, 3.8) is 0 Å². The highest BCUT2D eigenvalue weighted by atomic mass is 32.2. The van der Waals surface area contributed by atoms with Crippen molar-refractivity contribution < 1.29 is 27.1 Å². The van der Waals surface area contributed by atoms with Crippen molar-refractivity contribution in [1.29, 1.82) is 0 Å². The molecule has 0 aliphatic heterocycles. The second-order valence-corrected chi connectivity index (χ2v) is 7.27. The van der Waals surface area contributed by atoms with E-state index in [0.29, 0.717) is 11.3 Å². The average Bonchev–Trinajstić information content (AvgIpc) is 2.58. The van der Waals surface area contributed by atoms with Crippen LogP contribution < -0.4 is 9.62 Å². The van der Waals surface area contributed by atoms with Gasteiger partial charge in [0.05, 0.1) is 24.6 Å². The van der Waals surface area contributed by atoms with E-state index >= 15 is 0 Å². The fraction of sp³-hybridized carbons (Fsp3) is 0.176. The van der Waals surface area contributed by atoms with Crippen LogP contribution in [-0.2, 0) is 19.6 Å². The second kappa shape index (κ2) is 7.96. The molecule has 9 heteroatoms. The van der Waals surface area contributed by atoms with Gasteiger partial charge in [-0.2, -0.15) is 0 Å². The Morgan fingerprint density at radius 1 is 1.15 bits per heavy atom. The summed E-state index contributed by atoms with van der Waals surface area (Å²) in [6, 6.07) is 10.8. The van der Waals surface area contributed by atoms with Gasteiger partial charge in [0.1, 0.15) is 12.4 Å². The number of carbonyl (C=O) groups excluding carboxylic acids is 2. The van der Waals surface area contributed by atoms with Crippen molar-refractivity contribution >= 4 is 33.3 Å². The van der Waals surface area contributed by atoms with Crippen LogP contribution in [0.25, 0.3) is 0 Å². The third-order valence-corrected chi connectivity index (χ3v) is 4.51. The topological polar surface area (TPSA) is 92.8 Å². The van der Waals surface area contributed by atoms with Gasteiger partial charge >= 0.3 is 5.97 Å². The standard InChI is InChI=1S/C17H17FN2O5S/c1-25-17(22)12-6-8-14(9-7-12)19-16(21)11-20(26(2,23)24)15-5-3-4-13(18)10-15/h3-10H,11H2,1-2H3,(H,19,21). The minimum Gasteiger partial charge on any atom is -0.465 e. The molecule has 0 aliphatic carbocycles. The van der Waals surface area contributed by atoms with Crippen molar-refractivity contribution in [3.05, 3.63) is 59.9 Å². The van der Waals surface area contributed by atoms with Crippen LogP contribution in [0.4, 0.5) is 15.8 Å². The molecular formula is C17H17FN2O5S. The Morgan fingerprint density at radius 3 is 2.35 bits per heavy atom. The van der Waals surface area contributed by atoms with Crippen LogP contribution in [0.3, 0.4) is 0 Å². The summed E-state index contributed by atoms with van der Waals surface area (Å²) in [4.78, 5) is 23.6. The van der Waals surface area contributed by atoms with Gasteiger partial charge in [0.25, 0.3) is 0 Å². The van der Waals surface area contributed by atoms with Crippen LogP contribution in [0, 0.1) is 5.82 Å².